The summed E-state index contributed by atoms with van der Waals surface area (Å²) in [4.78, 5) is 39.6. The Hall–Kier alpha value is -3.72. The molecule has 2 N–H and O–H groups in total. The SMILES string of the molecule is CN(C)CCCN1C(=O)C(=O)/C(=C(\O)c2cccc([N+](=O)[O-])c2)C1c1ccc(O)cc1. The summed E-state index contributed by atoms with van der Waals surface area (Å²) in [5.41, 5.74) is 0.226. The van der Waals surface area contributed by atoms with E-state index in [-0.39, 0.29) is 29.1 Å². The molecule has 1 saturated heterocycles. The second kappa shape index (κ2) is 8.97. The highest BCUT2D eigenvalue weighted by Gasteiger charge is 2.45. The van der Waals surface area contributed by atoms with Gasteiger partial charge < -0.3 is 20.0 Å². The van der Waals surface area contributed by atoms with Crippen LogP contribution in [0.1, 0.15) is 23.6 Å². The maximum absolute atomic E-state index is 12.9. The number of nitro groups is 1. The molecule has 9 nitrogen and oxygen atoms in total. The third kappa shape index (κ3) is 4.56. The number of aromatic hydroxyl groups is 1. The van der Waals surface area contributed by atoms with Gasteiger partial charge in [0.2, 0.25) is 0 Å². The van der Waals surface area contributed by atoms with E-state index in [1.54, 1.807) is 12.1 Å². The van der Waals surface area contributed by atoms with Crippen molar-refractivity contribution in [3.05, 3.63) is 75.3 Å². The Morgan fingerprint density at radius 1 is 1.16 bits per heavy atom. The van der Waals surface area contributed by atoms with Gasteiger partial charge in [-0.15, -0.1) is 0 Å². The molecule has 9 heteroatoms. The summed E-state index contributed by atoms with van der Waals surface area (Å²) >= 11 is 0. The molecule has 31 heavy (non-hydrogen) atoms. The Kier molecular flexibility index (Phi) is 6.36. The van der Waals surface area contributed by atoms with Gasteiger partial charge in [0.1, 0.15) is 11.5 Å². The van der Waals surface area contributed by atoms with E-state index in [0.717, 1.165) is 6.07 Å². The summed E-state index contributed by atoms with van der Waals surface area (Å²) < 4.78 is 0. The number of ketones is 1. The number of aliphatic hydroxyl groups excluding tert-OH is 1. The van der Waals surface area contributed by atoms with Crippen LogP contribution in [-0.2, 0) is 9.59 Å². The van der Waals surface area contributed by atoms with Crippen molar-refractivity contribution < 1.29 is 24.7 Å². The summed E-state index contributed by atoms with van der Waals surface area (Å²) in [6, 6.07) is 10.4. The van der Waals surface area contributed by atoms with Crippen molar-refractivity contribution in [1.29, 1.82) is 0 Å². The fraction of sp³-hybridized carbons (Fsp3) is 0.273. The van der Waals surface area contributed by atoms with Crippen molar-refractivity contribution in [3.8, 4) is 5.75 Å². The summed E-state index contributed by atoms with van der Waals surface area (Å²) in [5.74, 6) is -2.06. The van der Waals surface area contributed by atoms with E-state index in [9.17, 15) is 29.9 Å². The largest absolute Gasteiger partial charge is 0.508 e. The van der Waals surface area contributed by atoms with Crippen LogP contribution >= 0.6 is 0 Å². The molecule has 2 aromatic rings. The number of carbonyl (C=O) groups excluding carboxylic acids is 2. The molecule has 1 unspecified atom stereocenters. The molecule has 1 amide bonds. The Bertz CT molecular complexity index is 1050. The Labute approximate surface area is 179 Å². The van der Waals surface area contributed by atoms with Crippen molar-refractivity contribution in [2.24, 2.45) is 0 Å². The molecule has 0 radical (unpaired) electrons. The van der Waals surface area contributed by atoms with Gasteiger partial charge >= 0.3 is 0 Å². The van der Waals surface area contributed by atoms with E-state index in [4.69, 9.17) is 0 Å². The molecule has 2 aromatic carbocycles. The number of hydrogen-bond acceptors (Lipinski definition) is 7. The van der Waals surface area contributed by atoms with Crippen molar-refractivity contribution >= 4 is 23.1 Å². The van der Waals surface area contributed by atoms with E-state index >= 15 is 0 Å². The number of carbonyl (C=O) groups is 2. The first-order valence-electron chi connectivity index (χ1n) is 9.67. The first kappa shape index (κ1) is 22.0. The quantitative estimate of drug-likeness (QED) is 0.230. The van der Waals surface area contributed by atoms with Crippen LogP contribution in [0.15, 0.2) is 54.1 Å². The molecular weight excluding hydrogens is 402 g/mol. The van der Waals surface area contributed by atoms with Crippen LogP contribution < -0.4 is 0 Å². The average molecular weight is 425 g/mol. The summed E-state index contributed by atoms with van der Waals surface area (Å²) in [6.07, 6.45) is 0.603. The lowest BCUT2D eigenvalue weighted by molar-refractivity contribution is -0.384. The van der Waals surface area contributed by atoms with Gasteiger partial charge in [-0.05, 0) is 44.8 Å². The zero-order chi connectivity index (χ0) is 22.7. The zero-order valence-electron chi connectivity index (χ0n) is 17.2. The molecule has 0 aromatic heterocycles. The Morgan fingerprint density at radius 2 is 1.84 bits per heavy atom. The molecule has 1 aliphatic rings. The van der Waals surface area contributed by atoms with Gasteiger partial charge in [-0.3, -0.25) is 19.7 Å². The molecule has 1 aliphatic heterocycles. The Morgan fingerprint density at radius 3 is 2.45 bits per heavy atom. The van der Waals surface area contributed by atoms with E-state index in [0.29, 0.717) is 18.5 Å². The number of benzene rings is 2. The number of phenols is 1. The highest BCUT2D eigenvalue weighted by Crippen LogP contribution is 2.40. The zero-order valence-corrected chi connectivity index (χ0v) is 17.2. The minimum absolute atomic E-state index is 0.0204. The molecule has 162 valence electrons. The predicted octanol–water partition coefficient (Wildman–Crippen LogP) is 2.67. The van der Waals surface area contributed by atoms with Gasteiger partial charge in [-0.25, -0.2) is 0 Å². The van der Waals surface area contributed by atoms with Gasteiger partial charge in [0.25, 0.3) is 17.4 Å². The topological polar surface area (TPSA) is 124 Å². The van der Waals surface area contributed by atoms with Crippen LogP contribution in [0.25, 0.3) is 5.76 Å². The van der Waals surface area contributed by atoms with Crippen LogP contribution in [0.2, 0.25) is 0 Å². The van der Waals surface area contributed by atoms with Gasteiger partial charge in [-0.2, -0.15) is 0 Å². The van der Waals surface area contributed by atoms with Crippen LogP contribution in [0.3, 0.4) is 0 Å². The van der Waals surface area contributed by atoms with Gasteiger partial charge in [0.15, 0.2) is 0 Å². The smallest absolute Gasteiger partial charge is 0.295 e. The molecule has 0 bridgehead atoms. The molecular formula is C22H23N3O6. The molecule has 0 spiro atoms. The number of aliphatic hydroxyl groups is 1. The van der Waals surface area contributed by atoms with E-state index in [1.165, 1.54) is 35.2 Å². The number of rotatable bonds is 7. The second-order valence-corrected chi connectivity index (χ2v) is 7.55. The Balaban J connectivity index is 2.11. The van der Waals surface area contributed by atoms with Crippen LogP contribution in [0.5, 0.6) is 5.75 Å². The summed E-state index contributed by atoms with van der Waals surface area (Å²) in [7, 11) is 3.79. The third-order valence-electron chi connectivity index (χ3n) is 5.08. The molecule has 0 saturated carbocycles. The fourth-order valence-corrected chi connectivity index (χ4v) is 3.59. The lowest BCUT2D eigenvalue weighted by Crippen LogP contribution is -2.32. The van der Waals surface area contributed by atoms with Crippen LogP contribution in [0.4, 0.5) is 5.69 Å². The number of hydrogen-bond donors (Lipinski definition) is 2. The maximum atomic E-state index is 12.9. The predicted molar refractivity (Wildman–Crippen MR) is 113 cm³/mol. The van der Waals surface area contributed by atoms with Crippen molar-refractivity contribution in [2.45, 2.75) is 12.5 Å². The first-order valence-corrected chi connectivity index (χ1v) is 9.67. The average Bonchev–Trinajstić information content (AvgIpc) is 2.98. The highest BCUT2D eigenvalue weighted by molar-refractivity contribution is 6.46. The minimum Gasteiger partial charge on any atom is -0.508 e. The van der Waals surface area contributed by atoms with Crippen molar-refractivity contribution in [3.63, 3.8) is 0 Å². The monoisotopic (exact) mass is 425 g/mol. The lowest BCUT2D eigenvalue weighted by Gasteiger charge is -2.26. The summed E-state index contributed by atoms with van der Waals surface area (Å²) in [6.45, 7) is 0.968. The maximum Gasteiger partial charge on any atom is 0.295 e. The molecule has 1 fully saturated rings. The molecule has 1 atom stereocenters. The van der Waals surface area contributed by atoms with Crippen molar-refractivity contribution in [2.75, 3.05) is 27.2 Å². The number of amides is 1. The van der Waals surface area contributed by atoms with Crippen LogP contribution in [-0.4, -0.2) is 63.8 Å². The van der Waals surface area contributed by atoms with Crippen molar-refractivity contribution in [1.82, 2.24) is 9.80 Å². The number of nitro benzene ring substituents is 1. The third-order valence-corrected chi connectivity index (χ3v) is 5.08. The second-order valence-electron chi connectivity index (χ2n) is 7.55. The number of non-ortho nitro benzene ring substituents is 1. The van der Waals surface area contributed by atoms with Gasteiger partial charge in [0.05, 0.1) is 16.5 Å². The molecule has 3 rings (SSSR count). The highest BCUT2D eigenvalue weighted by atomic mass is 16.6. The van der Waals surface area contributed by atoms with E-state index in [2.05, 4.69) is 0 Å². The van der Waals surface area contributed by atoms with Gasteiger partial charge in [-0.1, -0.05) is 24.3 Å². The van der Waals surface area contributed by atoms with E-state index in [1.807, 2.05) is 19.0 Å². The normalized spacial score (nSPS) is 18.0. The molecule has 1 heterocycles. The molecule has 0 aliphatic carbocycles. The van der Waals surface area contributed by atoms with Crippen LogP contribution in [0, 0.1) is 10.1 Å². The van der Waals surface area contributed by atoms with E-state index < -0.39 is 28.4 Å². The number of likely N-dealkylation sites (tertiary alicyclic amines) is 1. The number of Topliss-reactive ketones (excluding diaryl/α,β-unsaturated/α-hetero) is 1. The van der Waals surface area contributed by atoms with Gasteiger partial charge in [0, 0.05) is 24.2 Å². The summed E-state index contributed by atoms with van der Waals surface area (Å²) in [5, 5.41) is 31.7. The number of nitrogens with zero attached hydrogens (tertiary/aromatic N) is 3. The fourth-order valence-electron chi connectivity index (χ4n) is 3.59. The lowest BCUT2D eigenvalue weighted by atomic mass is 9.95. The minimum atomic E-state index is -0.873. The standard InChI is InChI=1S/C22H23N3O6/c1-23(2)11-4-12-24-19(14-7-9-17(26)10-8-14)18(21(28)22(24)29)20(27)15-5-3-6-16(13-15)25(30)31/h3,5-10,13,19,26-27H,4,11-12H2,1-2H3/b20-18-. The first-order chi connectivity index (χ1) is 14.7. The number of phenolic OH excluding ortho intramolecular Hbond substituents is 1.